The van der Waals surface area contributed by atoms with E-state index in [1.165, 1.54) is 0 Å². The van der Waals surface area contributed by atoms with Crippen LogP contribution < -0.4 is 16.4 Å². The minimum Gasteiger partial charge on any atom is -0.376 e. The fraction of sp³-hybridized carbons (Fsp3) is 0.333. The molecule has 0 aliphatic heterocycles. The van der Waals surface area contributed by atoms with Gasteiger partial charge in [-0.2, -0.15) is 0 Å². The highest BCUT2D eigenvalue weighted by molar-refractivity contribution is 5.95. The van der Waals surface area contributed by atoms with Gasteiger partial charge in [0.1, 0.15) is 0 Å². The smallest absolute Gasteiger partial charge is 0.318 e. The summed E-state index contributed by atoms with van der Waals surface area (Å²) in [6.07, 6.45) is 1.98. The number of primary amides is 1. The van der Waals surface area contributed by atoms with E-state index in [-0.39, 0.29) is 6.54 Å². The molecule has 92 valence electrons. The number of hydrogen-bond donors (Lipinski definition) is 3. The molecule has 0 aliphatic rings. The SMILES string of the molecule is CCCc1ccccc1NCC(=O)NC(N)=O. The average Bonchev–Trinajstić information content (AvgIpc) is 2.27. The van der Waals surface area contributed by atoms with Crippen molar-refractivity contribution in [2.24, 2.45) is 5.73 Å². The highest BCUT2D eigenvalue weighted by atomic mass is 16.2. The highest BCUT2D eigenvalue weighted by Gasteiger charge is 2.05. The summed E-state index contributed by atoms with van der Waals surface area (Å²) < 4.78 is 0. The van der Waals surface area contributed by atoms with Crippen molar-refractivity contribution < 1.29 is 9.59 Å². The Labute approximate surface area is 100 Å². The van der Waals surface area contributed by atoms with Crippen molar-refractivity contribution in [3.05, 3.63) is 29.8 Å². The van der Waals surface area contributed by atoms with Gasteiger partial charge in [0.15, 0.2) is 0 Å². The maximum atomic E-state index is 11.2. The van der Waals surface area contributed by atoms with Gasteiger partial charge in [-0.15, -0.1) is 0 Å². The Kier molecular flexibility index (Phi) is 5.00. The molecule has 0 saturated heterocycles. The molecule has 17 heavy (non-hydrogen) atoms. The van der Waals surface area contributed by atoms with Crippen molar-refractivity contribution in [3.8, 4) is 0 Å². The van der Waals surface area contributed by atoms with E-state index in [9.17, 15) is 9.59 Å². The van der Waals surface area contributed by atoms with E-state index in [4.69, 9.17) is 5.73 Å². The number of anilines is 1. The summed E-state index contributed by atoms with van der Waals surface area (Å²) in [5.41, 5.74) is 6.91. The Morgan fingerprint density at radius 2 is 2.00 bits per heavy atom. The third-order valence-corrected chi connectivity index (χ3v) is 2.24. The van der Waals surface area contributed by atoms with Gasteiger partial charge < -0.3 is 11.1 Å². The van der Waals surface area contributed by atoms with Crippen LogP contribution in [0, 0.1) is 0 Å². The maximum Gasteiger partial charge on any atom is 0.318 e. The van der Waals surface area contributed by atoms with Crippen LogP contribution in [0.1, 0.15) is 18.9 Å². The number of para-hydroxylation sites is 1. The largest absolute Gasteiger partial charge is 0.376 e. The Bertz CT molecular complexity index is 404. The zero-order valence-electron chi connectivity index (χ0n) is 9.82. The Hall–Kier alpha value is -2.04. The van der Waals surface area contributed by atoms with Crippen LogP contribution in [0.25, 0.3) is 0 Å². The van der Waals surface area contributed by atoms with Gasteiger partial charge in [-0.25, -0.2) is 4.79 Å². The standard InChI is InChI=1S/C12H17N3O2/c1-2-5-9-6-3-4-7-10(9)14-8-11(16)15-12(13)17/h3-4,6-7,14H,2,5,8H2,1H3,(H3,13,15,16,17). The second-order valence-corrected chi connectivity index (χ2v) is 3.67. The zero-order valence-corrected chi connectivity index (χ0v) is 9.82. The van der Waals surface area contributed by atoms with Gasteiger partial charge in [-0.1, -0.05) is 31.5 Å². The molecule has 0 bridgehead atoms. The first-order chi connectivity index (χ1) is 8.13. The topological polar surface area (TPSA) is 84.2 Å². The first kappa shape index (κ1) is 13.0. The molecule has 5 nitrogen and oxygen atoms in total. The lowest BCUT2D eigenvalue weighted by atomic mass is 10.1. The molecule has 0 radical (unpaired) electrons. The fourth-order valence-corrected chi connectivity index (χ4v) is 1.54. The van der Waals surface area contributed by atoms with Gasteiger partial charge in [0, 0.05) is 5.69 Å². The summed E-state index contributed by atoms with van der Waals surface area (Å²) in [6, 6.07) is 6.94. The Balaban J connectivity index is 2.56. The van der Waals surface area contributed by atoms with Crippen LogP contribution in [0.5, 0.6) is 0 Å². The molecular formula is C12H17N3O2. The van der Waals surface area contributed by atoms with Crippen molar-refractivity contribution in [1.29, 1.82) is 0 Å². The Morgan fingerprint density at radius 1 is 1.29 bits per heavy atom. The lowest BCUT2D eigenvalue weighted by Crippen LogP contribution is -2.38. The number of urea groups is 1. The summed E-state index contributed by atoms with van der Waals surface area (Å²) >= 11 is 0. The van der Waals surface area contributed by atoms with E-state index in [1.54, 1.807) is 0 Å². The van der Waals surface area contributed by atoms with E-state index >= 15 is 0 Å². The molecule has 1 aromatic carbocycles. The maximum absolute atomic E-state index is 11.2. The second kappa shape index (κ2) is 6.52. The predicted octanol–water partition coefficient (Wildman–Crippen LogP) is 1.25. The van der Waals surface area contributed by atoms with Crippen molar-refractivity contribution in [2.75, 3.05) is 11.9 Å². The molecule has 0 atom stereocenters. The van der Waals surface area contributed by atoms with E-state index in [2.05, 4.69) is 12.2 Å². The number of benzene rings is 1. The molecular weight excluding hydrogens is 218 g/mol. The summed E-state index contributed by atoms with van der Waals surface area (Å²) in [5, 5.41) is 4.99. The number of nitrogens with two attached hydrogens (primary N) is 1. The molecule has 1 rings (SSSR count). The number of amides is 3. The van der Waals surface area contributed by atoms with Crippen LogP contribution in [0.3, 0.4) is 0 Å². The molecule has 0 unspecified atom stereocenters. The number of imide groups is 1. The van der Waals surface area contributed by atoms with Crippen LogP contribution in [-0.2, 0) is 11.2 Å². The minimum absolute atomic E-state index is 0.0314. The number of hydrogen-bond acceptors (Lipinski definition) is 3. The number of carbonyl (C=O) groups is 2. The van der Waals surface area contributed by atoms with Gasteiger partial charge in [-0.05, 0) is 18.1 Å². The monoisotopic (exact) mass is 235 g/mol. The van der Waals surface area contributed by atoms with E-state index in [0.29, 0.717) is 0 Å². The molecule has 5 heteroatoms. The molecule has 0 aromatic heterocycles. The second-order valence-electron chi connectivity index (χ2n) is 3.67. The van der Waals surface area contributed by atoms with E-state index in [1.807, 2.05) is 29.6 Å². The molecule has 0 heterocycles. The molecule has 0 saturated carbocycles. The highest BCUT2D eigenvalue weighted by Crippen LogP contribution is 2.16. The van der Waals surface area contributed by atoms with Gasteiger partial charge in [0.05, 0.1) is 6.54 Å². The van der Waals surface area contributed by atoms with Crippen LogP contribution in [-0.4, -0.2) is 18.5 Å². The van der Waals surface area contributed by atoms with Crippen LogP contribution >= 0.6 is 0 Å². The van der Waals surface area contributed by atoms with E-state index < -0.39 is 11.9 Å². The molecule has 1 aromatic rings. The van der Waals surface area contributed by atoms with Crippen molar-refractivity contribution in [2.45, 2.75) is 19.8 Å². The first-order valence-corrected chi connectivity index (χ1v) is 5.54. The molecule has 3 amide bonds. The lowest BCUT2D eigenvalue weighted by molar-refractivity contribution is -0.118. The summed E-state index contributed by atoms with van der Waals surface area (Å²) in [5.74, 6) is -0.441. The molecule has 0 aliphatic carbocycles. The normalized spacial score (nSPS) is 9.71. The number of carbonyl (C=O) groups excluding carboxylic acids is 2. The van der Waals surface area contributed by atoms with E-state index in [0.717, 1.165) is 24.1 Å². The molecule has 4 N–H and O–H groups in total. The average molecular weight is 235 g/mol. The number of nitrogens with one attached hydrogen (secondary N) is 2. The first-order valence-electron chi connectivity index (χ1n) is 5.54. The lowest BCUT2D eigenvalue weighted by Gasteiger charge is -2.10. The Morgan fingerprint density at radius 3 is 2.65 bits per heavy atom. The summed E-state index contributed by atoms with van der Waals surface area (Å²) in [4.78, 5) is 21.7. The van der Waals surface area contributed by atoms with Gasteiger partial charge in [-0.3, -0.25) is 10.1 Å². The van der Waals surface area contributed by atoms with Crippen LogP contribution in [0.2, 0.25) is 0 Å². The minimum atomic E-state index is -0.835. The summed E-state index contributed by atoms with van der Waals surface area (Å²) in [7, 11) is 0. The van der Waals surface area contributed by atoms with Gasteiger partial charge in [0.25, 0.3) is 0 Å². The van der Waals surface area contributed by atoms with Crippen molar-refractivity contribution in [1.82, 2.24) is 5.32 Å². The van der Waals surface area contributed by atoms with Crippen molar-refractivity contribution >= 4 is 17.6 Å². The van der Waals surface area contributed by atoms with Crippen molar-refractivity contribution in [3.63, 3.8) is 0 Å². The molecule has 0 fully saturated rings. The van der Waals surface area contributed by atoms with Crippen LogP contribution in [0.4, 0.5) is 10.5 Å². The fourth-order valence-electron chi connectivity index (χ4n) is 1.54. The van der Waals surface area contributed by atoms with Crippen LogP contribution in [0.15, 0.2) is 24.3 Å². The zero-order chi connectivity index (χ0) is 12.7. The number of rotatable bonds is 5. The molecule has 0 spiro atoms. The number of aryl methyl sites for hydroxylation is 1. The predicted molar refractivity (Wildman–Crippen MR) is 66.7 cm³/mol. The quantitative estimate of drug-likeness (QED) is 0.718. The third kappa shape index (κ3) is 4.55. The van der Waals surface area contributed by atoms with Gasteiger partial charge in [0.2, 0.25) is 5.91 Å². The third-order valence-electron chi connectivity index (χ3n) is 2.24. The summed E-state index contributed by atoms with van der Waals surface area (Å²) in [6.45, 7) is 2.13. The van der Waals surface area contributed by atoms with Gasteiger partial charge >= 0.3 is 6.03 Å².